The molecule has 0 atom stereocenters. The molecule has 0 radical (unpaired) electrons. The molecule has 0 saturated carbocycles. The second kappa shape index (κ2) is 7.12. The summed E-state index contributed by atoms with van der Waals surface area (Å²) >= 11 is 0.765. The lowest BCUT2D eigenvalue weighted by Gasteiger charge is -2.04. The number of thiazole rings is 1. The van der Waals surface area contributed by atoms with Gasteiger partial charge in [0.1, 0.15) is 5.52 Å². The van der Waals surface area contributed by atoms with Crippen LogP contribution in [0.15, 0.2) is 30.3 Å². The monoisotopic (exact) mass is 380 g/mol. The maximum absolute atomic E-state index is 13.6. The van der Waals surface area contributed by atoms with E-state index in [2.05, 4.69) is 10.3 Å². The van der Waals surface area contributed by atoms with Crippen molar-refractivity contribution in [3.63, 3.8) is 0 Å². The number of hydrogen-bond acceptors (Lipinski definition) is 5. The van der Waals surface area contributed by atoms with Crippen LogP contribution in [0, 0.1) is 24.4 Å². The second-order valence-electron chi connectivity index (χ2n) is 5.34. The average molecular weight is 380 g/mol. The minimum atomic E-state index is -1.63. The minimum absolute atomic E-state index is 0.0355. The number of fused-ring (bicyclic) bond motifs is 1. The molecule has 134 valence electrons. The van der Waals surface area contributed by atoms with E-state index in [4.69, 9.17) is 4.74 Å². The van der Waals surface area contributed by atoms with Gasteiger partial charge in [-0.3, -0.25) is 10.1 Å². The van der Waals surface area contributed by atoms with Crippen LogP contribution in [0.4, 0.5) is 18.3 Å². The van der Waals surface area contributed by atoms with E-state index in [0.29, 0.717) is 0 Å². The third-order valence-corrected chi connectivity index (χ3v) is 4.31. The predicted octanol–water partition coefficient (Wildman–Crippen LogP) is 3.82. The Bertz CT molecular complexity index is 1000. The fraction of sp³-hybridized carbons (Fsp3) is 0.118. The van der Waals surface area contributed by atoms with Gasteiger partial charge in [-0.15, -0.1) is 0 Å². The van der Waals surface area contributed by atoms with Crippen molar-refractivity contribution in [1.82, 2.24) is 4.98 Å². The van der Waals surface area contributed by atoms with Crippen molar-refractivity contribution < 1.29 is 27.5 Å². The normalized spacial score (nSPS) is 10.8. The lowest BCUT2D eigenvalue weighted by atomic mass is 10.1. The summed E-state index contributed by atoms with van der Waals surface area (Å²) in [4.78, 5) is 27.4. The minimum Gasteiger partial charge on any atom is -0.452 e. The fourth-order valence-electron chi connectivity index (χ4n) is 2.09. The SMILES string of the molecule is Cc1ccc(C(=O)OCC(=O)Nc2nc3c(F)c(F)c(F)cc3s2)cc1. The van der Waals surface area contributed by atoms with Crippen LogP contribution < -0.4 is 5.32 Å². The van der Waals surface area contributed by atoms with Crippen LogP contribution in [0.5, 0.6) is 0 Å². The molecule has 0 aliphatic rings. The molecule has 0 bridgehead atoms. The van der Waals surface area contributed by atoms with Crippen LogP contribution in [-0.2, 0) is 9.53 Å². The van der Waals surface area contributed by atoms with E-state index >= 15 is 0 Å². The summed E-state index contributed by atoms with van der Waals surface area (Å²) < 4.78 is 44.9. The highest BCUT2D eigenvalue weighted by atomic mass is 32.1. The summed E-state index contributed by atoms with van der Waals surface area (Å²) in [6.45, 7) is 1.27. The molecule has 0 fully saturated rings. The highest BCUT2D eigenvalue weighted by Crippen LogP contribution is 2.30. The molecule has 2 aromatic carbocycles. The van der Waals surface area contributed by atoms with Crippen molar-refractivity contribution in [2.24, 2.45) is 0 Å². The van der Waals surface area contributed by atoms with Gasteiger partial charge in [-0.1, -0.05) is 29.0 Å². The number of esters is 1. The Hall–Kier alpha value is -2.94. The van der Waals surface area contributed by atoms with Gasteiger partial charge in [-0.2, -0.15) is 0 Å². The van der Waals surface area contributed by atoms with Gasteiger partial charge in [0.05, 0.1) is 10.3 Å². The van der Waals surface area contributed by atoms with Crippen molar-refractivity contribution in [2.45, 2.75) is 6.92 Å². The predicted molar refractivity (Wildman–Crippen MR) is 89.6 cm³/mol. The van der Waals surface area contributed by atoms with E-state index in [0.717, 1.165) is 23.0 Å². The van der Waals surface area contributed by atoms with E-state index in [1.807, 2.05) is 6.92 Å². The van der Waals surface area contributed by atoms with Crippen LogP contribution in [0.25, 0.3) is 10.2 Å². The molecule has 1 aromatic heterocycles. The van der Waals surface area contributed by atoms with Gasteiger partial charge < -0.3 is 4.74 Å². The molecule has 3 aromatic rings. The van der Waals surface area contributed by atoms with Crippen molar-refractivity contribution in [1.29, 1.82) is 0 Å². The number of nitrogens with zero attached hydrogens (tertiary/aromatic N) is 1. The van der Waals surface area contributed by atoms with Crippen LogP contribution in [0.3, 0.4) is 0 Å². The Morgan fingerprint density at radius 2 is 1.85 bits per heavy atom. The number of aromatic nitrogens is 1. The Labute approximate surface area is 149 Å². The van der Waals surface area contributed by atoms with Gasteiger partial charge in [-0.05, 0) is 25.1 Å². The highest BCUT2D eigenvalue weighted by molar-refractivity contribution is 7.22. The van der Waals surface area contributed by atoms with E-state index in [-0.39, 0.29) is 20.9 Å². The largest absolute Gasteiger partial charge is 0.452 e. The van der Waals surface area contributed by atoms with Crippen LogP contribution >= 0.6 is 11.3 Å². The van der Waals surface area contributed by atoms with Crippen molar-refractivity contribution in [3.05, 3.63) is 58.9 Å². The maximum atomic E-state index is 13.6. The number of amides is 1. The molecule has 0 aliphatic heterocycles. The van der Waals surface area contributed by atoms with Crippen molar-refractivity contribution in [2.75, 3.05) is 11.9 Å². The molecule has 26 heavy (non-hydrogen) atoms. The number of halogens is 3. The summed E-state index contributed by atoms with van der Waals surface area (Å²) in [6, 6.07) is 7.37. The van der Waals surface area contributed by atoms with Crippen molar-refractivity contribution >= 4 is 38.6 Å². The first-order valence-electron chi connectivity index (χ1n) is 7.33. The molecule has 1 N–H and O–H groups in total. The number of nitrogens with one attached hydrogen (secondary N) is 1. The fourth-order valence-corrected chi connectivity index (χ4v) is 2.99. The molecule has 1 amide bonds. The smallest absolute Gasteiger partial charge is 0.338 e. The number of rotatable bonds is 4. The van der Waals surface area contributed by atoms with Crippen LogP contribution in [0.1, 0.15) is 15.9 Å². The number of carbonyl (C=O) groups is 2. The number of benzene rings is 2. The van der Waals surface area contributed by atoms with Gasteiger partial charge in [0.2, 0.25) is 0 Å². The standard InChI is InChI=1S/C17H11F3N2O3S/c1-8-2-4-9(5-3-8)16(24)25-7-12(23)21-17-22-15-11(26-17)6-10(18)13(19)14(15)20/h2-6H,7H2,1H3,(H,21,22,23). The summed E-state index contributed by atoms with van der Waals surface area (Å²) in [7, 11) is 0. The van der Waals surface area contributed by atoms with Crippen molar-refractivity contribution in [3.8, 4) is 0 Å². The average Bonchev–Trinajstić information content (AvgIpc) is 3.00. The molecule has 0 saturated heterocycles. The first-order chi connectivity index (χ1) is 12.3. The molecular weight excluding hydrogens is 369 g/mol. The molecule has 0 unspecified atom stereocenters. The number of hydrogen-bond donors (Lipinski definition) is 1. The maximum Gasteiger partial charge on any atom is 0.338 e. The number of ether oxygens (including phenoxy) is 1. The zero-order valence-electron chi connectivity index (χ0n) is 13.3. The number of aryl methyl sites for hydroxylation is 1. The van der Waals surface area contributed by atoms with E-state index in [1.54, 1.807) is 24.3 Å². The van der Waals surface area contributed by atoms with Gasteiger partial charge in [-0.25, -0.2) is 22.9 Å². The third-order valence-electron chi connectivity index (χ3n) is 3.39. The Morgan fingerprint density at radius 1 is 1.15 bits per heavy atom. The molecule has 9 heteroatoms. The Balaban J connectivity index is 1.65. The number of anilines is 1. The lowest BCUT2D eigenvalue weighted by molar-refractivity contribution is -0.119. The first-order valence-corrected chi connectivity index (χ1v) is 8.14. The quantitative estimate of drug-likeness (QED) is 0.552. The Kier molecular flexibility index (Phi) is 4.90. The Morgan fingerprint density at radius 3 is 2.54 bits per heavy atom. The molecular formula is C17H11F3N2O3S. The van der Waals surface area contributed by atoms with Crippen LogP contribution in [-0.4, -0.2) is 23.5 Å². The summed E-state index contributed by atoms with van der Waals surface area (Å²) in [5, 5.41) is 2.22. The van der Waals surface area contributed by atoms with Gasteiger partial charge >= 0.3 is 5.97 Å². The van der Waals surface area contributed by atoms with Gasteiger partial charge in [0.15, 0.2) is 29.2 Å². The molecule has 0 aliphatic carbocycles. The van der Waals surface area contributed by atoms with E-state index < -0.39 is 35.9 Å². The van der Waals surface area contributed by atoms with E-state index in [9.17, 15) is 22.8 Å². The summed E-state index contributed by atoms with van der Waals surface area (Å²) in [6.07, 6.45) is 0. The topological polar surface area (TPSA) is 68.3 Å². The van der Waals surface area contributed by atoms with Crippen LogP contribution in [0.2, 0.25) is 0 Å². The van der Waals surface area contributed by atoms with Gasteiger partial charge in [0, 0.05) is 0 Å². The third kappa shape index (κ3) is 3.67. The number of carbonyl (C=O) groups excluding carboxylic acids is 2. The zero-order chi connectivity index (χ0) is 18.8. The summed E-state index contributed by atoms with van der Waals surface area (Å²) in [5.41, 5.74) is 0.868. The molecule has 3 rings (SSSR count). The first kappa shape index (κ1) is 17.9. The zero-order valence-corrected chi connectivity index (χ0v) is 14.1. The molecule has 5 nitrogen and oxygen atoms in total. The lowest BCUT2D eigenvalue weighted by Crippen LogP contribution is -2.20. The van der Waals surface area contributed by atoms with E-state index in [1.165, 1.54) is 0 Å². The highest BCUT2D eigenvalue weighted by Gasteiger charge is 2.18. The molecule has 0 spiro atoms. The second-order valence-corrected chi connectivity index (χ2v) is 6.37. The molecule has 1 heterocycles. The summed E-state index contributed by atoms with van der Waals surface area (Å²) in [5.74, 6) is -5.80. The van der Waals surface area contributed by atoms with Gasteiger partial charge in [0.25, 0.3) is 5.91 Å².